The van der Waals surface area contributed by atoms with Crippen molar-refractivity contribution in [3.05, 3.63) is 66.0 Å². The molecule has 0 saturated heterocycles. The van der Waals surface area contributed by atoms with Gasteiger partial charge < -0.3 is 10.3 Å². The van der Waals surface area contributed by atoms with Gasteiger partial charge in [0.25, 0.3) is 5.91 Å². The van der Waals surface area contributed by atoms with Crippen molar-refractivity contribution in [2.75, 3.05) is 0 Å². The first-order valence-corrected chi connectivity index (χ1v) is 7.10. The van der Waals surface area contributed by atoms with Gasteiger partial charge in [-0.2, -0.15) is 0 Å². The van der Waals surface area contributed by atoms with E-state index in [0.717, 1.165) is 29.4 Å². The lowest BCUT2D eigenvalue weighted by Gasteiger charge is -2.16. The summed E-state index contributed by atoms with van der Waals surface area (Å²) >= 11 is 0. The largest absolute Gasteiger partial charge is 0.340 e. The topological polar surface area (TPSA) is 57.8 Å². The average Bonchev–Trinajstić information content (AvgIpc) is 3.17. The number of imidazole rings is 1. The summed E-state index contributed by atoms with van der Waals surface area (Å²) in [5, 5.41) is 3.13. The van der Waals surface area contributed by atoms with Gasteiger partial charge in [-0.1, -0.05) is 42.5 Å². The first-order chi connectivity index (χ1) is 10.3. The fourth-order valence-corrected chi connectivity index (χ4v) is 2.70. The van der Waals surface area contributed by atoms with E-state index in [-0.39, 0.29) is 11.4 Å². The zero-order valence-electron chi connectivity index (χ0n) is 11.5. The van der Waals surface area contributed by atoms with Crippen molar-refractivity contribution >= 4 is 16.9 Å². The molecule has 1 heterocycles. The molecule has 0 unspecified atom stereocenters. The van der Waals surface area contributed by atoms with Crippen molar-refractivity contribution in [3.8, 4) is 0 Å². The summed E-state index contributed by atoms with van der Waals surface area (Å²) in [5.41, 5.74) is 2.64. The number of para-hydroxylation sites is 2. The minimum Gasteiger partial charge on any atom is -0.340 e. The van der Waals surface area contributed by atoms with Gasteiger partial charge >= 0.3 is 0 Å². The number of aromatic nitrogens is 2. The Balaban J connectivity index is 1.61. The van der Waals surface area contributed by atoms with Crippen LogP contribution in [-0.2, 0) is 5.54 Å². The molecule has 4 nitrogen and oxygen atoms in total. The molecule has 0 aliphatic heterocycles. The normalized spacial score (nSPS) is 15.8. The summed E-state index contributed by atoms with van der Waals surface area (Å²) in [6.07, 6.45) is 1.95. The molecular weight excluding hydrogens is 262 g/mol. The van der Waals surface area contributed by atoms with Crippen molar-refractivity contribution in [1.29, 1.82) is 0 Å². The van der Waals surface area contributed by atoms with Crippen LogP contribution in [0, 0.1) is 0 Å². The molecule has 1 aliphatic carbocycles. The third kappa shape index (κ3) is 2.09. The molecule has 1 aliphatic rings. The molecule has 4 heteroatoms. The van der Waals surface area contributed by atoms with Crippen LogP contribution in [0.3, 0.4) is 0 Å². The molecule has 1 amide bonds. The maximum Gasteiger partial charge on any atom is 0.287 e. The number of rotatable bonds is 3. The number of fused-ring (bicyclic) bond motifs is 1. The van der Waals surface area contributed by atoms with Gasteiger partial charge in [0, 0.05) is 0 Å². The lowest BCUT2D eigenvalue weighted by molar-refractivity contribution is 0.0921. The Labute approximate surface area is 122 Å². The maximum absolute atomic E-state index is 12.4. The predicted octanol–water partition coefficient (Wildman–Crippen LogP) is 2.98. The molecule has 104 valence electrons. The molecule has 1 saturated carbocycles. The van der Waals surface area contributed by atoms with Crippen molar-refractivity contribution in [3.63, 3.8) is 0 Å². The average molecular weight is 277 g/mol. The SMILES string of the molecule is O=C(NC1(c2ccccc2)CC1)c1nc2ccccc2[nH]1. The van der Waals surface area contributed by atoms with Crippen molar-refractivity contribution < 1.29 is 4.79 Å². The van der Waals surface area contributed by atoms with Crippen LogP contribution < -0.4 is 5.32 Å². The minimum atomic E-state index is -0.211. The van der Waals surface area contributed by atoms with Crippen LogP contribution in [0.25, 0.3) is 11.0 Å². The Hall–Kier alpha value is -2.62. The number of nitrogens with zero attached hydrogens (tertiary/aromatic N) is 1. The van der Waals surface area contributed by atoms with Gasteiger partial charge in [-0.3, -0.25) is 4.79 Å². The van der Waals surface area contributed by atoms with E-state index in [1.807, 2.05) is 42.5 Å². The quantitative estimate of drug-likeness (QED) is 0.773. The number of carbonyl (C=O) groups excluding carboxylic acids is 1. The fourth-order valence-electron chi connectivity index (χ4n) is 2.70. The first kappa shape index (κ1) is 12.1. The van der Waals surface area contributed by atoms with Crippen molar-refractivity contribution in [2.45, 2.75) is 18.4 Å². The van der Waals surface area contributed by atoms with E-state index in [4.69, 9.17) is 0 Å². The number of hydrogen-bond acceptors (Lipinski definition) is 2. The number of hydrogen-bond donors (Lipinski definition) is 2. The standard InChI is InChI=1S/C17H15N3O/c21-16(15-18-13-8-4-5-9-14(13)19-15)20-17(10-11-17)12-6-2-1-3-7-12/h1-9H,10-11H2,(H,18,19)(H,20,21). The van der Waals surface area contributed by atoms with E-state index >= 15 is 0 Å². The Morgan fingerprint density at radius 3 is 2.48 bits per heavy atom. The van der Waals surface area contributed by atoms with Gasteiger partial charge in [-0.05, 0) is 30.5 Å². The van der Waals surface area contributed by atoms with Gasteiger partial charge in [0.05, 0.1) is 16.6 Å². The van der Waals surface area contributed by atoms with Crippen LogP contribution in [-0.4, -0.2) is 15.9 Å². The van der Waals surface area contributed by atoms with E-state index in [1.54, 1.807) is 0 Å². The second kappa shape index (κ2) is 4.45. The highest BCUT2D eigenvalue weighted by molar-refractivity contribution is 5.94. The number of carbonyl (C=O) groups is 1. The first-order valence-electron chi connectivity index (χ1n) is 7.10. The monoisotopic (exact) mass is 277 g/mol. The molecule has 1 aromatic heterocycles. The second-order valence-corrected chi connectivity index (χ2v) is 5.50. The Kier molecular flexibility index (Phi) is 2.57. The third-order valence-corrected chi connectivity index (χ3v) is 4.03. The van der Waals surface area contributed by atoms with Gasteiger partial charge in [-0.15, -0.1) is 0 Å². The van der Waals surface area contributed by atoms with Gasteiger partial charge in [0.1, 0.15) is 0 Å². The summed E-state index contributed by atoms with van der Waals surface area (Å²) in [5.74, 6) is 0.228. The highest BCUT2D eigenvalue weighted by atomic mass is 16.2. The number of nitrogens with one attached hydrogen (secondary N) is 2. The van der Waals surface area contributed by atoms with E-state index < -0.39 is 0 Å². The van der Waals surface area contributed by atoms with Gasteiger partial charge in [0.15, 0.2) is 5.82 Å². The highest BCUT2D eigenvalue weighted by Gasteiger charge is 2.45. The lowest BCUT2D eigenvalue weighted by Crippen LogP contribution is -2.35. The fraction of sp³-hybridized carbons (Fsp3) is 0.176. The van der Waals surface area contributed by atoms with Crippen LogP contribution >= 0.6 is 0 Å². The van der Waals surface area contributed by atoms with Crippen LogP contribution in [0.5, 0.6) is 0 Å². The Morgan fingerprint density at radius 2 is 1.76 bits per heavy atom. The molecule has 0 atom stereocenters. The van der Waals surface area contributed by atoms with Crippen LogP contribution in [0.15, 0.2) is 54.6 Å². The second-order valence-electron chi connectivity index (χ2n) is 5.50. The molecule has 21 heavy (non-hydrogen) atoms. The van der Waals surface area contributed by atoms with Gasteiger partial charge in [-0.25, -0.2) is 4.98 Å². The smallest absolute Gasteiger partial charge is 0.287 e. The van der Waals surface area contributed by atoms with Gasteiger partial charge in [0.2, 0.25) is 0 Å². The number of benzene rings is 2. The molecule has 3 aromatic rings. The van der Waals surface area contributed by atoms with Crippen LogP contribution in [0.4, 0.5) is 0 Å². The summed E-state index contributed by atoms with van der Waals surface area (Å²) in [6.45, 7) is 0. The van der Waals surface area contributed by atoms with E-state index in [9.17, 15) is 4.79 Å². The maximum atomic E-state index is 12.4. The predicted molar refractivity (Wildman–Crippen MR) is 80.9 cm³/mol. The minimum absolute atomic E-state index is 0.146. The van der Waals surface area contributed by atoms with E-state index in [0.29, 0.717) is 5.82 Å². The Bertz CT molecular complexity index is 770. The molecule has 0 spiro atoms. The molecule has 2 aromatic carbocycles. The van der Waals surface area contributed by atoms with E-state index in [2.05, 4.69) is 27.4 Å². The van der Waals surface area contributed by atoms with Crippen molar-refractivity contribution in [1.82, 2.24) is 15.3 Å². The molecule has 0 bridgehead atoms. The summed E-state index contributed by atoms with van der Waals surface area (Å²) in [4.78, 5) is 19.9. The molecule has 4 rings (SSSR count). The van der Waals surface area contributed by atoms with Crippen LogP contribution in [0.2, 0.25) is 0 Å². The summed E-state index contributed by atoms with van der Waals surface area (Å²) in [7, 11) is 0. The summed E-state index contributed by atoms with van der Waals surface area (Å²) in [6, 6.07) is 17.8. The van der Waals surface area contributed by atoms with E-state index in [1.165, 1.54) is 0 Å². The molecule has 0 radical (unpaired) electrons. The highest BCUT2D eigenvalue weighted by Crippen LogP contribution is 2.45. The zero-order chi connectivity index (χ0) is 14.3. The lowest BCUT2D eigenvalue weighted by atomic mass is 10.1. The van der Waals surface area contributed by atoms with Crippen molar-refractivity contribution in [2.24, 2.45) is 0 Å². The molecule has 1 fully saturated rings. The Morgan fingerprint density at radius 1 is 1.05 bits per heavy atom. The molecule has 2 N–H and O–H groups in total. The third-order valence-electron chi connectivity index (χ3n) is 4.03. The number of aromatic amines is 1. The zero-order valence-corrected chi connectivity index (χ0v) is 11.5. The molecular formula is C17H15N3O. The number of amides is 1. The number of H-pyrrole nitrogens is 1. The summed E-state index contributed by atoms with van der Waals surface area (Å²) < 4.78 is 0. The van der Waals surface area contributed by atoms with Crippen LogP contribution in [0.1, 0.15) is 29.0 Å².